The lowest BCUT2D eigenvalue weighted by atomic mass is 9.98. The van der Waals surface area contributed by atoms with Gasteiger partial charge in [-0.1, -0.05) is 0 Å². The molecule has 6 N–H and O–H groups in total. The number of phosphoric ester groups is 1. The molecule has 0 amide bonds. The molecule has 1 saturated heterocycles. The topological polar surface area (TPSA) is 210 Å². The van der Waals surface area contributed by atoms with Gasteiger partial charge >= 0.3 is 23.5 Å². The van der Waals surface area contributed by atoms with E-state index in [0.717, 1.165) is 0 Å². The second-order valence-electron chi connectivity index (χ2n) is 4.94. The minimum atomic E-state index is -5.61. The van der Waals surface area contributed by atoms with Crippen LogP contribution in [0.2, 0.25) is 0 Å². The van der Waals surface area contributed by atoms with E-state index in [0.29, 0.717) is 0 Å². The summed E-state index contributed by atoms with van der Waals surface area (Å²) in [4.78, 5) is 35.0. The Balaban J connectivity index is 2.71. The van der Waals surface area contributed by atoms with Crippen molar-refractivity contribution in [2.75, 3.05) is 6.61 Å². The molecule has 0 aliphatic carbocycles. The molecule has 0 aromatic carbocycles. The largest absolute Gasteiger partial charge is 0.490 e. The van der Waals surface area contributed by atoms with Crippen molar-refractivity contribution in [2.45, 2.75) is 37.8 Å². The zero-order valence-corrected chi connectivity index (χ0v) is 14.5. The van der Waals surface area contributed by atoms with Gasteiger partial charge in [-0.25, -0.2) is 13.7 Å². The van der Waals surface area contributed by atoms with Crippen molar-refractivity contribution in [1.29, 1.82) is 0 Å². The fourth-order valence-electron chi connectivity index (χ4n) is 1.81. The van der Waals surface area contributed by atoms with E-state index in [2.05, 4.69) is 13.1 Å². The molecule has 0 aromatic rings. The lowest BCUT2D eigenvalue weighted by Crippen LogP contribution is -2.44. The van der Waals surface area contributed by atoms with Crippen LogP contribution in [0.5, 0.6) is 0 Å². The monoisotopic (exact) mass is 402 g/mol. The Morgan fingerprint density at radius 1 is 1.04 bits per heavy atom. The minimum absolute atomic E-state index is 0.820. The van der Waals surface area contributed by atoms with Gasteiger partial charge in [-0.15, -0.1) is 0 Å². The summed E-state index contributed by atoms with van der Waals surface area (Å²) < 4.78 is 49.7. The smallest absolute Gasteiger partial charge is 0.388 e. The maximum absolute atomic E-state index is 11.5. The standard InChI is InChI=1S/C7H17O13P3/c1-4-5(8)6(9)7(2,18-4)3-17-22(13,14)20-23(15,16)19-21(10,11)12/h4-6,8-9H,3H2,1-2H3,(H,13,14)(H,15,16)(H2,10,11,12). The van der Waals surface area contributed by atoms with Gasteiger partial charge in [0, 0.05) is 0 Å². The van der Waals surface area contributed by atoms with E-state index in [1.54, 1.807) is 0 Å². The molecule has 1 heterocycles. The summed E-state index contributed by atoms with van der Waals surface area (Å²) in [5.41, 5.74) is -1.63. The number of hydrogen-bond acceptors (Lipinski definition) is 9. The molecule has 6 atom stereocenters. The molecule has 13 nitrogen and oxygen atoms in total. The van der Waals surface area contributed by atoms with Gasteiger partial charge in [-0.2, -0.15) is 8.62 Å². The van der Waals surface area contributed by atoms with Gasteiger partial charge in [0.1, 0.15) is 17.8 Å². The van der Waals surface area contributed by atoms with Crippen molar-refractivity contribution < 1.29 is 61.4 Å². The van der Waals surface area contributed by atoms with Gasteiger partial charge in [0.05, 0.1) is 12.7 Å². The van der Waals surface area contributed by atoms with Crippen LogP contribution in [0.15, 0.2) is 0 Å². The van der Waals surface area contributed by atoms with Crippen LogP contribution < -0.4 is 0 Å². The van der Waals surface area contributed by atoms with Gasteiger partial charge in [-0.3, -0.25) is 4.52 Å². The van der Waals surface area contributed by atoms with Crippen LogP contribution in [-0.4, -0.2) is 60.3 Å². The predicted molar refractivity (Wildman–Crippen MR) is 70.8 cm³/mol. The minimum Gasteiger partial charge on any atom is -0.388 e. The number of phosphoric acid groups is 3. The second kappa shape index (κ2) is 6.89. The molecule has 6 unspecified atom stereocenters. The van der Waals surface area contributed by atoms with Gasteiger partial charge in [0.25, 0.3) is 0 Å². The van der Waals surface area contributed by atoms with E-state index in [-0.39, 0.29) is 0 Å². The normalized spacial score (nSPS) is 37.3. The van der Waals surface area contributed by atoms with E-state index >= 15 is 0 Å². The second-order valence-corrected chi connectivity index (χ2v) is 9.36. The Labute approximate surface area is 130 Å². The summed E-state index contributed by atoms with van der Waals surface area (Å²) in [6.45, 7) is 1.80. The summed E-state index contributed by atoms with van der Waals surface area (Å²) in [6, 6.07) is 0. The van der Waals surface area contributed by atoms with Crippen molar-refractivity contribution >= 4 is 23.5 Å². The molecule has 1 aliphatic heterocycles. The van der Waals surface area contributed by atoms with Gasteiger partial charge in [0.2, 0.25) is 0 Å². The number of aliphatic hydroxyl groups is 2. The van der Waals surface area contributed by atoms with Crippen LogP contribution >= 0.6 is 23.5 Å². The third-order valence-electron chi connectivity index (χ3n) is 2.82. The third kappa shape index (κ3) is 6.26. The molecule has 138 valence electrons. The van der Waals surface area contributed by atoms with Crippen LogP contribution in [0.3, 0.4) is 0 Å². The van der Waals surface area contributed by atoms with Gasteiger partial charge < -0.3 is 34.5 Å². The van der Waals surface area contributed by atoms with Gasteiger partial charge in [-0.05, 0) is 13.8 Å². The molecule has 0 spiro atoms. The van der Waals surface area contributed by atoms with Crippen molar-refractivity contribution in [3.05, 3.63) is 0 Å². The summed E-state index contributed by atoms with van der Waals surface area (Å²) in [5, 5.41) is 19.3. The Morgan fingerprint density at radius 3 is 1.96 bits per heavy atom. The first-order valence-corrected chi connectivity index (χ1v) is 10.4. The zero-order valence-electron chi connectivity index (χ0n) is 11.8. The maximum atomic E-state index is 11.5. The highest BCUT2D eigenvalue weighted by Crippen LogP contribution is 2.66. The van der Waals surface area contributed by atoms with Gasteiger partial charge in [0.15, 0.2) is 0 Å². The van der Waals surface area contributed by atoms with E-state index < -0.39 is 54.0 Å². The molecule has 0 radical (unpaired) electrons. The van der Waals surface area contributed by atoms with Crippen molar-refractivity contribution in [1.82, 2.24) is 0 Å². The summed E-state index contributed by atoms with van der Waals surface area (Å²) in [6.07, 6.45) is -3.62. The van der Waals surface area contributed by atoms with Crippen LogP contribution in [0.1, 0.15) is 13.8 Å². The first-order chi connectivity index (χ1) is 10.1. The first kappa shape index (κ1) is 21.3. The van der Waals surface area contributed by atoms with E-state index in [1.807, 2.05) is 0 Å². The quantitative estimate of drug-likeness (QED) is 0.289. The Bertz CT molecular complexity index is 572. The van der Waals surface area contributed by atoms with Crippen molar-refractivity contribution in [3.63, 3.8) is 0 Å². The summed E-state index contributed by atoms with van der Waals surface area (Å²) in [5.74, 6) is 0. The molecule has 0 aromatic heterocycles. The molecule has 1 aliphatic rings. The van der Waals surface area contributed by atoms with E-state index in [9.17, 15) is 28.8 Å². The Morgan fingerprint density at radius 2 is 1.57 bits per heavy atom. The summed E-state index contributed by atoms with van der Waals surface area (Å²) >= 11 is 0. The number of rotatable bonds is 7. The molecule has 0 saturated carbocycles. The number of aliphatic hydroxyl groups excluding tert-OH is 2. The Kier molecular flexibility index (Phi) is 6.39. The SMILES string of the molecule is CC1OC(C)(COP(=O)(O)OP(=O)(O)OP(=O)(O)O)C(O)C1O. The molecule has 0 bridgehead atoms. The highest BCUT2D eigenvalue weighted by atomic mass is 31.3. The summed E-state index contributed by atoms with van der Waals surface area (Å²) in [7, 11) is -16.4. The molecule has 16 heteroatoms. The average molecular weight is 402 g/mol. The van der Waals surface area contributed by atoms with Crippen LogP contribution in [0.4, 0.5) is 0 Å². The van der Waals surface area contributed by atoms with Crippen molar-refractivity contribution in [3.8, 4) is 0 Å². The fourth-order valence-corrected chi connectivity index (χ4v) is 4.93. The fraction of sp³-hybridized carbons (Fsp3) is 1.00. The molecule has 23 heavy (non-hydrogen) atoms. The molecular weight excluding hydrogens is 385 g/mol. The number of hydrogen-bond donors (Lipinski definition) is 6. The lowest BCUT2D eigenvalue weighted by molar-refractivity contribution is -0.0931. The number of ether oxygens (including phenoxy) is 1. The first-order valence-electron chi connectivity index (χ1n) is 5.89. The third-order valence-corrected chi connectivity index (χ3v) is 6.60. The van der Waals surface area contributed by atoms with Crippen LogP contribution in [0, 0.1) is 0 Å². The average Bonchev–Trinajstić information content (AvgIpc) is 2.47. The van der Waals surface area contributed by atoms with Crippen LogP contribution in [0.25, 0.3) is 0 Å². The molecule has 1 rings (SSSR count). The molecule has 1 fully saturated rings. The maximum Gasteiger partial charge on any atom is 0.490 e. The van der Waals surface area contributed by atoms with Crippen LogP contribution in [-0.2, 0) is 31.6 Å². The Hall–Kier alpha value is 0.290. The highest BCUT2D eigenvalue weighted by molar-refractivity contribution is 7.66. The highest BCUT2D eigenvalue weighted by Gasteiger charge is 2.51. The van der Waals surface area contributed by atoms with E-state index in [1.165, 1.54) is 13.8 Å². The zero-order chi connectivity index (χ0) is 18.3. The lowest BCUT2D eigenvalue weighted by Gasteiger charge is -2.28. The predicted octanol–water partition coefficient (Wildman–Crippen LogP) is -0.771. The molecular formula is C7H17O13P3. The van der Waals surface area contributed by atoms with E-state index in [4.69, 9.17) is 19.4 Å². The van der Waals surface area contributed by atoms with Crippen molar-refractivity contribution in [2.24, 2.45) is 0 Å².